The minimum Gasteiger partial charge on any atom is -0.503 e. The van der Waals surface area contributed by atoms with Crippen molar-refractivity contribution in [3.05, 3.63) is 29.1 Å². The molecular formula is C7H5ClF3NO2. The average Bonchev–Trinajstić information content (AvgIpc) is 2.07. The van der Waals surface area contributed by atoms with Crippen LogP contribution in [0.25, 0.3) is 0 Å². The Morgan fingerprint density at radius 2 is 1.79 bits per heavy atom. The molecule has 0 saturated carbocycles. The molecule has 1 aromatic carbocycles. The Bertz CT molecular complexity index is 384. The number of rotatable bonds is 1. The van der Waals surface area contributed by atoms with Crippen molar-refractivity contribution < 1.29 is 23.1 Å². The first-order valence-corrected chi connectivity index (χ1v) is 3.11. The van der Waals surface area contributed by atoms with E-state index in [9.17, 15) is 18.0 Å². The maximum Gasteiger partial charge on any atom is 0.251 e. The monoisotopic (exact) mass is 227 g/mol. The van der Waals surface area contributed by atoms with Crippen LogP contribution in [0.15, 0.2) is 6.07 Å². The molecule has 0 aliphatic heterocycles. The number of phenolic OH excluding ortho intramolecular Hbond substituents is 1. The van der Waals surface area contributed by atoms with Crippen LogP contribution in [0.2, 0.25) is 0 Å². The number of nitrogens with two attached hydrogens (primary N) is 1. The van der Waals surface area contributed by atoms with E-state index in [0.717, 1.165) is 0 Å². The molecule has 0 bridgehead atoms. The van der Waals surface area contributed by atoms with E-state index in [2.05, 4.69) is 5.73 Å². The lowest BCUT2D eigenvalue weighted by Crippen LogP contribution is -2.14. The Morgan fingerprint density at radius 1 is 1.29 bits per heavy atom. The van der Waals surface area contributed by atoms with Crippen molar-refractivity contribution in [2.24, 2.45) is 5.73 Å². The third-order valence-corrected chi connectivity index (χ3v) is 1.40. The molecule has 14 heavy (non-hydrogen) atoms. The molecule has 0 fully saturated rings. The normalized spacial score (nSPS) is 9.36. The van der Waals surface area contributed by atoms with Gasteiger partial charge in [-0.15, -0.1) is 12.4 Å². The van der Waals surface area contributed by atoms with Crippen LogP contribution < -0.4 is 5.73 Å². The Balaban J connectivity index is 0.00000169. The highest BCUT2D eigenvalue weighted by Gasteiger charge is 2.20. The average molecular weight is 228 g/mol. The van der Waals surface area contributed by atoms with Gasteiger partial charge in [-0.1, -0.05) is 0 Å². The van der Waals surface area contributed by atoms with E-state index in [1.165, 1.54) is 0 Å². The van der Waals surface area contributed by atoms with Crippen LogP contribution in [0.3, 0.4) is 0 Å². The fourth-order valence-corrected chi connectivity index (χ4v) is 0.765. The fourth-order valence-electron chi connectivity index (χ4n) is 0.765. The van der Waals surface area contributed by atoms with Crippen molar-refractivity contribution in [1.82, 2.24) is 0 Å². The lowest BCUT2D eigenvalue weighted by Gasteiger charge is -2.02. The van der Waals surface area contributed by atoms with E-state index in [0.29, 0.717) is 6.07 Å². The SMILES string of the molecule is Cl.NC(=O)c1cc(F)c(O)c(F)c1F. The molecule has 1 amide bonds. The standard InChI is InChI=1S/C7H4F3NO2.ClH/c8-3-1-2(7(11)13)4(9)5(10)6(3)12;/h1,12H,(H2,11,13);1H. The second kappa shape index (κ2) is 4.19. The number of halogens is 4. The highest BCUT2D eigenvalue weighted by Crippen LogP contribution is 2.24. The second-order valence-electron chi connectivity index (χ2n) is 2.25. The highest BCUT2D eigenvalue weighted by atomic mass is 35.5. The summed E-state index contributed by atoms with van der Waals surface area (Å²) in [6.07, 6.45) is 0. The third-order valence-electron chi connectivity index (χ3n) is 1.40. The number of hydrogen-bond acceptors (Lipinski definition) is 2. The Hall–Kier alpha value is -1.43. The van der Waals surface area contributed by atoms with Crippen LogP contribution in [0.4, 0.5) is 13.2 Å². The zero-order valence-electron chi connectivity index (χ0n) is 6.55. The van der Waals surface area contributed by atoms with Gasteiger partial charge in [0, 0.05) is 0 Å². The molecule has 0 aliphatic rings. The van der Waals surface area contributed by atoms with Gasteiger partial charge in [0.25, 0.3) is 5.91 Å². The number of benzene rings is 1. The van der Waals surface area contributed by atoms with E-state index in [1.54, 1.807) is 0 Å². The number of aromatic hydroxyl groups is 1. The summed E-state index contributed by atoms with van der Waals surface area (Å²) in [5.41, 5.74) is 3.67. The van der Waals surface area contributed by atoms with Crippen molar-refractivity contribution in [3.8, 4) is 5.75 Å². The van der Waals surface area contributed by atoms with Gasteiger partial charge in [0.2, 0.25) is 5.82 Å². The van der Waals surface area contributed by atoms with Crippen molar-refractivity contribution in [2.75, 3.05) is 0 Å². The number of amides is 1. The quantitative estimate of drug-likeness (QED) is 0.711. The van der Waals surface area contributed by atoms with Gasteiger partial charge in [-0.3, -0.25) is 4.79 Å². The van der Waals surface area contributed by atoms with Crippen molar-refractivity contribution in [1.29, 1.82) is 0 Å². The number of primary amides is 1. The molecular weight excluding hydrogens is 223 g/mol. The van der Waals surface area contributed by atoms with Crippen LogP contribution >= 0.6 is 12.4 Å². The lowest BCUT2D eigenvalue weighted by atomic mass is 10.2. The molecule has 1 rings (SSSR count). The summed E-state index contributed by atoms with van der Waals surface area (Å²) in [4.78, 5) is 10.4. The van der Waals surface area contributed by atoms with Crippen LogP contribution in [0, 0.1) is 17.5 Å². The van der Waals surface area contributed by atoms with Crippen LogP contribution in [-0.4, -0.2) is 11.0 Å². The molecule has 0 aromatic heterocycles. The van der Waals surface area contributed by atoms with E-state index >= 15 is 0 Å². The summed E-state index contributed by atoms with van der Waals surface area (Å²) in [5, 5.41) is 8.55. The van der Waals surface area contributed by atoms with Gasteiger partial charge in [0.15, 0.2) is 17.4 Å². The van der Waals surface area contributed by atoms with Gasteiger partial charge in [-0.2, -0.15) is 4.39 Å². The Morgan fingerprint density at radius 3 is 2.21 bits per heavy atom. The molecule has 0 atom stereocenters. The number of carbonyl (C=O) groups excluding carboxylic acids is 1. The summed E-state index contributed by atoms with van der Waals surface area (Å²) < 4.78 is 37.7. The molecule has 1 aromatic rings. The van der Waals surface area contributed by atoms with Crippen LogP contribution in [-0.2, 0) is 0 Å². The molecule has 0 unspecified atom stereocenters. The maximum absolute atomic E-state index is 12.7. The molecule has 0 spiro atoms. The molecule has 0 heterocycles. The summed E-state index contributed by atoms with van der Waals surface area (Å²) >= 11 is 0. The number of carbonyl (C=O) groups is 1. The summed E-state index contributed by atoms with van der Waals surface area (Å²) in [7, 11) is 0. The molecule has 0 saturated heterocycles. The first kappa shape index (κ1) is 12.6. The molecule has 78 valence electrons. The van der Waals surface area contributed by atoms with Gasteiger partial charge in [0.05, 0.1) is 5.56 Å². The molecule has 0 radical (unpaired) electrons. The van der Waals surface area contributed by atoms with Gasteiger partial charge >= 0.3 is 0 Å². The summed E-state index contributed by atoms with van der Waals surface area (Å²) in [6.45, 7) is 0. The van der Waals surface area contributed by atoms with Crippen molar-refractivity contribution >= 4 is 18.3 Å². The zero-order valence-corrected chi connectivity index (χ0v) is 7.37. The second-order valence-corrected chi connectivity index (χ2v) is 2.25. The minimum atomic E-state index is -1.83. The number of phenols is 1. The topological polar surface area (TPSA) is 63.3 Å². The summed E-state index contributed by atoms with van der Waals surface area (Å²) in [6, 6.07) is 0.329. The molecule has 7 heteroatoms. The first-order chi connectivity index (χ1) is 5.95. The van der Waals surface area contributed by atoms with E-state index in [1.807, 2.05) is 0 Å². The Labute approximate surface area is 82.7 Å². The van der Waals surface area contributed by atoms with Crippen LogP contribution in [0.1, 0.15) is 10.4 Å². The minimum absolute atomic E-state index is 0. The first-order valence-electron chi connectivity index (χ1n) is 3.11. The van der Waals surface area contributed by atoms with Gasteiger partial charge in [0.1, 0.15) is 0 Å². The zero-order chi connectivity index (χ0) is 10.2. The van der Waals surface area contributed by atoms with Gasteiger partial charge in [-0.05, 0) is 6.07 Å². The summed E-state index contributed by atoms with van der Waals surface area (Å²) in [5.74, 6) is -7.70. The van der Waals surface area contributed by atoms with Crippen molar-refractivity contribution in [2.45, 2.75) is 0 Å². The van der Waals surface area contributed by atoms with Gasteiger partial charge < -0.3 is 10.8 Å². The van der Waals surface area contributed by atoms with Crippen LogP contribution in [0.5, 0.6) is 5.75 Å². The van der Waals surface area contributed by atoms with Crippen molar-refractivity contribution in [3.63, 3.8) is 0 Å². The molecule has 3 N–H and O–H groups in total. The van der Waals surface area contributed by atoms with E-state index < -0.39 is 34.7 Å². The third kappa shape index (κ3) is 1.90. The lowest BCUT2D eigenvalue weighted by molar-refractivity contribution is 0.0994. The predicted octanol–water partition coefficient (Wildman–Crippen LogP) is 1.33. The molecule has 3 nitrogen and oxygen atoms in total. The number of hydrogen-bond donors (Lipinski definition) is 2. The molecule has 0 aliphatic carbocycles. The smallest absolute Gasteiger partial charge is 0.251 e. The Kier molecular flexibility index (Phi) is 3.76. The van der Waals surface area contributed by atoms with Gasteiger partial charge in [-0.25, -0.2) is 8.78 Å². The fraction of sp³-hybridized carbons (Fsp3) is 0. The highest BCUT2D eigenvalue weighted by molar-refractivity contribution is 5.93. The predicted molar refractivity (Wildman–Crippen MR) is 43.7 cm³/mol. The van der Waals surface area contributed by atoms with E-state index in [4.69, 9.17) is 5.11 Å². The van der Waals surface area contributed by atoms with E-state index in [-0.39, 0.29) is 12.4 Å². The largest absolute Gasteiger partial charge is 0.503 e. The maximum atomic E-state index is 12.7.